The van der Waals surface area contributed by atoms with Gasteiger partial charge in [-0.15, -0.1) is 22.9 Å². The van der Waals surface area contributed by atoms with E-state index in [1.807, 2.05) is 0 Å². The van der Waals surface area contributed by atoms with E-state index < -0.39 is 0 Å². The Labute approximate surface area is 120 Å². The summed E-state index contributed by atoms with van der Waals surface area (Å²) in [5, 5.41) is 3.27. The molecular formula is C13H24ClN3S. The maximum absolute atomic E-state index is 5.74. The molecule has 0 saturated heterocycles. The number of thiazole rings is 1. The number of nitrogens with zero attached hydrogens (tertiary/aromatic N) is 3. The number of hydrogen-bond donors (Lipinski definition) is 0. The van der Waals surface area contributed by atoms with E-state index in [0.717, 1.165) is 25.2 Å². The van der Waals surface area contributed by atoms with Crippen LogP contribution >= 0.6 is 22.9 Å². The fourth-order valence-corrected chi connectivity index (χ4v) is 2.86. The molecule has 1 heterocycles. The lowest BCUT2D eigenvalue weighted by atomic mass is 10.3. The summed E-state index contributed by atoms with van der Waals surface area (Å²) in [6, 6.07) is 0. The van der Waals surface area contributed by atoms with Gasteiger partial charge >= 0.3 is 0 Å². The van der Waals surface area contributed by atoms with Crippen molar-refractivity contribution in [1.82, 2.24) is 14.8 Å². The first kappa shape index (κ1) is 15.9. The Balaban J connectivity index is 2.09. The molecule has 0 spiro atoms. The van der Waals surface area contributed by atoms with Crippen LogP contribution in [-0.4, -0.2) is 55.6 Å². The lowest BCUT2D eigenvalue weighted by Crippen LogP contribution is -2.24. The molecule has 0 amide bonds. The summed E-state index contributed by atoms with van der Waals surface area (Å²) in [6.07, 6.45) is 3.48. The zero-order valence-electron chi connectivity index (χ0n) is 11.7. The maximum atomic E-state index is 5.74. The minimum atomic E-state index is 0.529. The van der Waals surface area contributed by atoms with Crippen LogP contribution in [0, 0.1) is 0 Å². The van der Waals surface area contributed by atoms with E-state index in [1.165, 1.54) is 24.4 Å². The van der Waals surface area contributed by atoms with Crippen molar-refractivity contribution in [3.8, 4) is 0 Å². The molecule has 0 fully saturated rings. The van der Waals surface area contributed by atoms with Gasteiger partial charge in [-0.05, 0) is 53.6 Å². The van der Waals surface area contributed by atoms with Crippen LogP contribution in [0.3, 0.4) is 0 Å². The fourth-order valence-electron chi connectivity index (χ4n) is 1.79. The minimum absolute atomic E-state index is 0.529. The van der Waals surface area contributed by atoms with E-state index in [0.29, 0.717) is 5.88 Å². The van der Waals surface area contributed by atoms with Gasteiger partial charge < -0.3 is 9.80 Å². The van der Waals surface area contributed by atoms with Crippen molar-refractivity contribution in [2.75, 3.05) is 40.8 Å². The lowest BCUT2D eigenvalue weighted by molar-refractivity contribution is 0.297. The number of aromatic nitrogens is 1. The standard InChI is InChI=1S/C13H24ClN3S/c1-16(2)7-5-9-17(3)8-4-6-13-15-12(10-14)11-18-13/h11H,4-10H2,1-3H3. The number of rotatable bonds is 9. The molecule has 0 N–H and O–H groups in total. The van der Waals surface area contributed by atoms with Crippen LogP contribution in [-0.2, 0) is 12.3 Å². The molecule has 0 saturated carbocycles. The second-order valence-corrected chi connectivity index (χ2v) is 6.14. The van der Waals surface area contributed by atoms with Gasteiger partial charge in [0.25, 0.3) is 0 Å². The molecule has 3 nitrogen and oxygen atoms in total. The third kappa shape index (κ3) is 6.69. The molecule has 0 aromatic carbocycles. The highest BCUT2D eigenvalue weighted by Gasteiger charge is 2.03. The van der Waals surface area contributed by atoms with Crippen LogP contribution in [0.4, 0.5) is 0 Å². The van der Waals surface area contributed by atoms with E-state index >= 15 is 0 Å². The summed E-state index contributed by atoms with van der Waals surface area (Å²) in [5.74, 6) is 0.529. The number of aryl methyl sites for hydroxylation is 1. The monoisotopic (exact) mass is 289 g/mol. The van der Waals surface area contributed by atoms with Crippen LogP contribution in [0.5, 0.6) is 0 Å². The van der Waals surface area contributed by atoms with E-state index in [4.69, 9.17) is 11.6 Å². The Morgan fingerprint density at radius 1 is 1.17 bits per heavy atom. The summed E-state index contributed by atoms with van der Waals surface area (Å²) in [6.45, 7) is 3.47. The molecule has 1 aromatic heterocycles. The average molecular weight is 290 g/mol. The topological polar surface area (TPSA) is 19.4 Å². The highest BCUT2D eigenvalue weighted by Crippen LogP contribution is 2.13. The predicted molar refractivity (Wildman–Crippen MR) is 80.7 cm³/mol. The smallest absolute Gasteiger partial charge is 0.0929 e. The first-order valence-corrected chi connectivity index (χ1v) is 7.85. The molecular weight excluding hydrogens is 266 g/mol. The molecule has 0 atom stereocenters. The van der Waals surface area contributed by atoms with Gasteiger partial charge in [-0.2, -0.15) is 0 Å². The third-order valence-electron chi connectivity index (χ3n) is 2.81. The van der Waals surface area contributed by atoms with Gasteiger partial charge in [0.05, 0.1) is 16.6 Å². The second kappa shape index (κ2) is 8.86. The summed E-state index contributed by atoms with van der Waals surface area (Å²) in [4.78, 5) is 9.11. The highest BCUT2D eigenvalue weighted by molar-refractivity contribution is 7.09. The van der Waals surface area contributed by atoms with Crippen LogP contribution in [0.15, 0.2) is 5.38 Å². The zero-order chi connectivity index (χ0) is 13.4. The number of hydrogen-bond acceptors (Lipinski definition) is 4. The SMILES string of the molecule is CN(C)CCCN(C)CCCc1nc(CCl)cs1. The number of alkyl halides is 1. The van der Waals surface area contributed by atoms with E-state index in [1.54, 1.807) is 11.3 Å². The molecule has 5 heteroatoms. The van der Waals surface area contributed by atoms with Gasteiger partial charge in [-0.1, -0.05) is 0 Å². The predicted octanol–water partition coefficient (Wildman–Crippen LogP) is 2.70. The van der Waals surface area contributed by atoms with Crippen LogP contribution in [0.25, 0.3) is 0 Å². The first-order chi connectivity index (χ1) is 8.61. The van der Waals surface area contributed by atoms with Crippen LogP contribution < -0.4 is 0 Å². The van der Waals surface area contributed by atoms with Gasteiger partial charge in [0.2, 0.25) is 0 Å². The molecule has 0 aliphatic carbocycles. The first-order valence-electron chi connectivity index (χ1n) is 6.44. The molecule has 0 bridgehead atoms. The van der Waals surface area contributed by atoms with Gasteiger partial charge in [0, 0.05) is 11.8 Å². The largest absolute Gasteiger partial charge is 0.309 e. The van der Waals surface area contributed by atoms with Crippen molar-refractivity contribution < 1.29 is 0 Å². The van der Waals surface area contributed by atoms with Crippen molar-refractivity contribution in [3.05, 3.63) is 16.1 Å². The van der Waals surface area contributed by atoms with Gasteiger partial charge in [-0.25, -0.2) is 4.98 Å². The second-order valence-electron chi connectivity index (χ2n) is 4.93. The molecule has 0 radical (unpaired) electrons. The Hall–Kier alpha value is -0.160. The molecule has 0 aliphatic heterocycles. The van der Waals surface area contributed by atoms with Crippen molar-refractivity contribution in [1.29, 1.82) is 0 Å². The molecule has 0 aliphatic rings. The Kier molecular flexibility index (Phi) is 7.82. The van der Waals surface area contributed by atoms with E-state index in [-0.39, 0.29) is 0 Å². The maximum Gasteiger partial charge on any atom is 0.0929 e. The van der Waals surface area contributed by atoms with Gasteiger partial charge in [0.15, 0.2) is 0 Å². The molecule has 18 heavy (non-hydrogen) atoms. The molecule has 1 rings (SSSR count). The quantitative estimate of drug-likeness (QED) is 0.652. The Morgan fingerprint density at radius 2 is 1.89 bits per heavy atom. The van der Waals surface area contributed by atoms with E-state index in [9.17, 15) is 0 Å². The lowest BCUT2D eigenvalue weighted by Gasteiger charge is -2.17. The van der Waals surface area contributed by atoms with Gasteiger partial charge in [0.1, 0.15) is 0 Å². The zero-order valence-corrected chi connectivity index (χ0v) is 13.2. The Morgan fingerprint density at radius 3 is 2.50 bits per heavy atom. The highest BCUT2D eigenvalue weighted by atomic mass is 35.5. The summed E-state index contributed by atoms with van der Waals surface area (Å²) >= 11 is 7.47. The van der Waals surface area contributed by atoms with Crippen LogP contribution in [0.1, 0.15) is 23.5 Å². The van der Waals surface area contributed by atoms with Crippen molar-refractivity contribution in [3.63, 3.8) is 0 Å². The van der Waals surface area contributed by atoms with Crippen molar-refractivity contribution >= 4 is 22.9 Å². The third-order valence-corrected chi connectivity index (χ3v) is 4.04. The fraction of sp³-hybridized carbons (Fsp3) is 0.769. The number of halogens is 1. The van der Waals surface area contributed by atoms with Crippen LogP contribution in [0.2, 0.25) is 0 Å². The molecule has 1 aromatic rings. The molecule has 0 unspecified atom stereocenters. The Bertz CT molecular complexity index is 328. The summed E-state index contributed by atoms with van der Waals surface area (Å²) in [7, 11) is 6.44. The van der Waals surface area contributed by atoms with Gasteiger partial charge in [-0.3, -0.25) is 0 Å². The van der Waals surface area contributed by atoms with Crippen molar-refractivity contribution in [2.24, 2.45) is 0 Å². The molecule has 104 valence electrons. The normalized spacial score (nSPS) is 11.7. The minimum Gasteiger partial charge on any atom is -0.309 e. The van der Waals surface area contributed by atoms with Crippen molar-refractivity contribution in [2.45, 2.75) is 25.1 Å². The summed E-state index contributed by atoms with van der Waals surface area (Å²) in [5.41, 5.74) is 1.01. The van der Waals surface area contributed by atoms with E-state index in [2.05, 4.69) is 41.3 Å². The summed E-state index contributed by atoms with van der Waals surface area (Å²) < 4.78 is 0. The average Bonchev–Trinajstić information content (AvgIpc) is 2.76.